The zero-order chi connectivity index (χ0) is 28.2. The number of carbonyl (C=O) groups is 2. The van der Waals surface area contributed by atoms with Crippen LogP contribution in [0.25, 0.3) is 0 Å². The number of alkyl halides is 2. The van der Waals surface area contributed by atoms with Crippen molar-refractivity contribution >= 4 is 20.9 Å². The van der Waals surface area contributed by atoms with Gasteiger partial charge in [-0.05, 0) is 61.7 Å². The number of allylic oxidation sites excluding steroid dienone is 3. The van der Waals surface area contributed by atoms with E-state index >= 15 is 0 Å². The van der Waals surface area contributed by atoms with E-state index in [0.29, 0.717) is 22.6 Å². The third-order valence-corrected chi connectivity index (χ3v) is 7.90. The van der Waals surface area contributed by atoms with Crippen molar-refractivity contribution in [2.45, 2.75) is 91.1 Å². The number of halogens is 2. The summed E-state index contributed by atoms with van der Waals surface area (Å²) in [6.07, 6.45) is 15.4. The average Bonchev–Trinajstić information content (AvgIpc) is 2.83. The van der Waals surface area contributed by atoms with Gasteiger partial charge in [0.25, 0.3) is 5.66 Å². The maximum Gasteiger partial charge on any atom is 0.265 e. The van der Waals surface area contributed by atoms with Gasteiger partial charge in [-0.25, -0.2) is 8.78 Å². The molecule has 206 valence electrons. The molecule has 2 fully saturated rings. The maximum absolute atomic E-state index is 13.0. The van der Waals surface area contributed by atoms with Crippen LogP contribution < -0.4 is 5.73 Å². The van der Waals surface area contributed by atoms with Gasteiger partial charge in [0.1, 0.15) is 0 Å². The standard InChI is InChI=1S/C15H23NO.C11H13F2OP.C5H10/c1-4-13(10-7-12(3)15(16)17)14-8-5-11(2)6-9-14;1-7(11(12,13)15)9-3-5-10(6-4-9)8(2)14;1-5-3-2-4-5/h4,7,10-11,14H,3,5-6,8-9H2,1-2H3,(H2,16,17);3-7H,15H2,1-2H3;5H,2-4H2,1H3/b10-7-,13-4+;;. The van der Waals surface area contributed by atoms with E-state index in [1.54, 1.807) is 30.3 Å². The number of amides is 1. The summed E-state index contributed by atoms with van der Waals surface area (Å²) in [6.45, 7) is 13.2. The number of Topliss-reactive ketones (excluding diaryl/α,β-unsaturated/α-hetero) is 1. The second-order valence-electron chi connectivity index (χ2n) is 10.6. The number of hydrogen-bond donors (Lipinski definition) is 1. The summed E-state index contributed by atoms with van der Waals surface area (Å²) in [5.74, 6) is 1.17. The zero-order valence-corrected chi connectivity index (χ0v) is 24.4. The first kappa shape index (κ1) is 32.9. The summed E-state index contributed by atoms with van der Waals surface area (Å²) in [7, 11) is 1.53. The molecule has 37 heavy (non-hydrogen) atoms. The lowest BCUT2D eigenvalue weighted by Crippen LogP contribution is -2.15. The van der Waals surface area contributed by atoms with Gasteiger partial charge in [-0.1, -0.05) is 105 Å². The third kappa shape index (κ3) is 12.3. The Bertz CT molecular complexity index is 935. The number of ketones is 1. The van der Waals surface area contributed by atoms with Gasteiger partial charge in [-0.3, -0.25) is 9.59 Å². The van der Waals surface area contributed by atoms with Crippen molar-refractivity contribution < 1.29 is 18.4 Å². The minimum Gasteiger partial charge on any atom is -0.366 e. The summed E-state index contributed by atoms with van der Waals surface area (Å²) < 4.78 is 25.9. The molecule has 0 heterocycles. The first-order valence-corrected chi connectivity index (χ1v) is 13.9. The van der Waals surface area contributed by atoms with Crippen LogP contribution in [0.5, 0.6) is 0 Å². The van der Waals surface area contributed by atoms with Crippen molar-refractivity contribution in [2.24, 2.45) is 23.5 Å². The summed E-state index contributed by atoms with van der Waals surface area (Å²) in [4.78, 5) is 21.8. The molecule has 0 aliphatic heterocycles. The second kappa shape index (κ2) is 16.0. The normalized spacial score (nSPS) is 21.0. The number of carbonyl (C=O) groups excluding carboxylic acids is 2. The topological polar surface area (TPSA) is 60.2 Å². The lowest BCUT2D eigenvalue weighted by molar-refractivity contribution is -0.114. The minimum atomic E-state index is -2.82. The zero-order valence-electron chi connectivity index (χ0n) is 23.2. The van der Waals surface area contributed by atoms with Gasteiger partial charge >= 0.3 is 0 Å². The number of hydrogen-bond acceptors (Lipinski definition) is 2. The lowest BCUT2D eigenvalue weighted by atomic mass is 9.79. The highest BCUT2D eigenvalue weighted by atomic mass is 31.0. The van der Waals surface area contributed by atoms with E-state index in [-0.39, 0.29) is 5.78 Å². The van der Waals surface area contributed by atoms with Crippen molar-refractivity contribution in [2.75, 3.05) is 0 Å². The summed E-state index contributed by atoms with van der Waals surface area (Å²) >= 11 is 0. The predicted molar refractivity (Wildman–Crippen MR) is 155 cm³/mol. The van der Waals surface area contributed by atoms with Crippen LogP contribution in [0.4, 0.5) is 8.78 Å². The molecule has 2 N–H and O–H groups in total. The van der Waals surface area contributed by atoms with Gasteiger partial charge in [-0.2, -0.15) is 0 Å². The fourth-order valence-corrected chi connectivity index (χ4v) is 4.37. The highest BCUT2D eigenvalue weighted by Gasteiger charge is 2.31. The van der Waals surface area contributed by atoms with Gasteiger partial charge in [0.2, 0.25) is 5.91 Å². The molecule has 6 heteroatoms. The molecule has 0 spiro atoms. The van der Waals surface area contributed by atoms with Crippen LogP contribution in [0.1, 0.15) is 101 Å². The Balaban J connectivity index is 0.000000312. The van der Waals surface area contributed by atoms with Crippen LogP contribution in [0.3, 0.4) is 0 Å². The average molecular weight is 534 g/mol. The molecule has 2 saturated carbocycles. The van der Waals surface area contributed by atoms with E-state index in [4.69, 9.17) is 5.73 Å². The van der Waals surface area contributed by atoms with Gasteiger partial charge in [0.15, 0.2) is 5.78 Å². The molecule has 1 aromatic rings. The van der Waals surface area contributed by atoms with Crippen molar-refractivity contribution in [3.8, 4) is 0 Å². The molecule has 3 nitrogen and oxygen atoms in total. The van der Waals surface area contributed by atoms with E-state index in [1.807, 2.05) is 13.0 Å². The van der Waals surface area contributed by atoms with Crippen molar-refractivity contribution in [3.63, 3.8) is 0 Å². The van der Waals surface area contributed by atoms with Gasteiger partial charge in [0.05, 0.1) is 0 Å². The Morgan fingerprint density at radius 1 is 1.03 bits per heavy atom. The van der Waals surface area contributed by atoms with Crippen molar-refractivity contribution in [3.05, 3.63) is 71.3 Å². The molecule has 2 atom stereocenters. The first-order chi connectivity index (χ1) is 17.3. The quantitative estimate of drug-likeness (QED) is 0.165. The van der Waals surface area contributed by atoms with E-state index < -0.39 is 17.5 Å². The van der Waals surface area contributed by atoms with E-state index in [2.05, 4.69) is 26.5 Å². The Hall–Kier alpha value is -2.13. The third-order valence-electron chi connectivity index (χ3n) is 7.40. The monoisotopic (exact) mass is 533 g/mol. The predicted octanol–water partition coefficient (Wildman–Crippen LogP) is 8.62. The molecule has 2 aliphatic carbocycles. The highest BCUT2D eigenvalue weighted by molar-refractivity contribution is 7.18. The van der Waals surface area contributed by atoms with Gasteiger partial charge < -0.3 is 5.73 Å². The lowest BCUT2D eigenvalue weighted by Gasteiger charge is -2.27. The largest absolute Gasteiger partial charge is 0.366 e. The molecule has 2 unspecified atom stereocenters. The maximum atomic E-state index is 13.0. The first-order valence-electron chi connectivity index (χ1n) is 13.4. The smallest absolute Gasteiger partial charge is 0.265 e. The molecule has 0 radical (unpaired) electrons. The molecule has 0 saturated heterocycles. The molecule has 3 rings (SSSR count). The second-order valence-corrected chi connectivity index (χ2v) is 11.3. The van der Waals surface area contributed by atoms with Crippen LogP contribution in [-0.2, 0) is 4.79 Å². The molecule has 0 aromatic heterocycles. The Kier molecular flexibility index (Phi) is 14.2. The minimum absolute atomic E-state index is 0.0631. The highest BCUT2D eigenvalue weighted by Crippen LogP contribution is 2.38. The summed E-state index contributed by atoms with van der Waals surface area (Å²) in [6, 6.07) is 6.29. The Morgan fingerprint density at radius 3 is 1.89 bits per heavy atom. The van der Waals surface area contributed by atoms with Gasteiger partial charge in [0, 0.05) is 17.1 Å². The van der Waals surface area contributed by atoms with Crippen LogP contribution in [-0.4, -0.2) is 17.4 Å². The Labute approximate surface area is 225 Å². The number of rotatable bonds is 7. The van der Waals surface area contributed by atoms with E-state index in [1.165, 1.54) is 73.6 Å². The number of primary amides is 1. The molecule has 1 aromatic carbocycles. The number of benzene rings is 1. The fourth-order valence-electron chi connectivity index (χ4n) is 4.18. The fraction of sp³-hybridized carbons (Fsp3) is 0.548. The van der Waals surface area contributed by atoms with Crippen LogP contribution in [0.15, 0.2) is 60.2 Å². The summed E-state index contributed by atoms with van der Waals surface area (Å²) in [5, 5.41) is 0. The number of nitrogens with two attached hydrogens (primary N) is 1. The molecule has 0 bridgehead atoms. The van der Waals surface area contributed by atoms with Crippen LogP contribution >= 0.6 is 9.24 Å². The molecular formula is C31H46F2NO2P. The molecule has 2 aliphatic rings. The SMILES string of the molecule is C=C(/C=C\C(=C/C)C1CCC(C)CC1)C(N)=O.CC(=O)c1ccc(C(C)C(F)(F)P)cc1.CC1CCC1. The van der Waals surface area contributed by atoms with E-state index in [0.717, 1.165) is 11.8 Å². The molecular weight excluding hydrogens is 487 g/mol. The Morgan fingerprint density at radius 2 is 1.54 bits per heavy atom. The van der Waals surface area contributed by atoms with Crippen molar-refractivity contribution in [1.29, 1.82) is 0 Å². The van der Waals surface area contributed by atoms with Crippen LogP contribution in [0, 0.1) is 17.8 Å². The van der Waals surface area contributed by atoms with Crippen LogP contribution in [0.2, 0.25) is 0 Å². The molecule has 1 amide bonds. The van der Waals surface area contributed by atoms with Gasteiger partial charge in [-0.15, -0.1) is 0 Å². The van der Waals surface area contributed by atoms with E-state index in [9.17, 15) is 18.4 Å². The summed E-state index contributed by atoms with van der Waals surface area (Å²) in [5.41, 5.74) is 5.07. The van der Waals surface area contributed by atoms with Crippen molar-refractivity contribution in [1.82, 2.24) is 0 Å².